The van der Waals surface area contributed by atoms with Gasteiger partial charge < -0.3 is 19.3 Å². The number of nitrogens with one attached hydrogen (secondary N) is 1. The third kappa shape index (κ3) is 3.31. The SMILES string of the molecule is C=CCN1C(=O)NC(c2ccccc2)C(c2nc(-c3ccc4c(c3)OCO4)no2)=C1C. The first-order valence-electron chi connectivity index (χ1n) is 9.84. The number of nitrogens with zero attached hydrogens (tertiary/aromatic N) is 3. The van der Waals surface area contributed by atoms with Crippen molar-refractivity contribution < 1.29 is 18.8 Å². The molecule has 3 heterocycles. The highest BCUT2D eigenvalue weighted by atomic mass is 16.7. The number of carbonyl (C=O) groups is 1. The molecule has 0 bridgehead atoms. The van der Waals surface area contributed by atoms with Crippen LogP contribution in [0.25, 0.3) is 17.0 Å². The van der Waals surface area contributed by atoms with E-state index < -0.39 is 6.04 Å². The fraction of sp³-hybridized carbons (Fsp3) is 0.174. The standard InChI is InChI=1S/C23H20N4O4/c1-3-11-27-14(2)19(20(24-23(27)28)15-7-5-4-6-8-15)22-25-21(26-31-22)16-9-10-17-18(12-16)30-13-29-17/h3-10,12,20H,1,11,13H2,2H3,(H,24,28). The molecule has 2 amide bonds. The number of urea groups is 1. The molecular weight excluding hydrogens is 396 g/mol. The number of rotatable bonds is 5. The fourth-order valence-corrected chi connectivity index (χ4v) is 3.79. The number of aromatic nitrogens is 2. The van der Waals surface area contributed by atoms with Crippen molar-refractivity contribution in [2.75, 3.05) is 13.3 Å². The Labute approximate surface area is 178 Å². The molecule has 8 heteroatoms. The molecule has 3 aromatic rings. The van der Waals surface area contributed by atoms with Crippen molar-refractivity contribution in [3.05, 3.63) is 78.3 Å². The minimum atomic E-state index is -0.417. The summed E-state index contributed by atoms with van der Waals surface area (Å²) in [6.45, 7) is 6.19. The number of allylic oxidation sites excluding steroid dienone is 1. The van der Waals surface area contributed by atoms with Crippen molar-refractivity contribution in [2.24, 2.45) is 0 Å². The lowest BCUT2D eigenvalue weighted by Gasteiger charge is -2.34. The molecule has 0 fully saturated rings. The zero-order valence-corrected chi connectivity index (χ0v) is 16.9. The first kappa shape index (κ1) is 18.9. The maximum absolute atomic E-state index is 12.7. The molecular formula is C23H20N4O4. The number of hydrogen-bond donors (Lipinski definition) is 1. The molecule has 1 atom stereocenters. The van der Waals surface area contributed by atoms with Crippen LogP contribution in [0.2, 0.25) is 0 Å². The number of carbonyl (C=O) groups excluding carboxylic acids is 1. The van der Waals surface area contributed by atoms with Crippen LogP contribution in [0.15, 0.2) is 71.4 Å². The average molecular weight is 416 g/mol. The van der Waals surface area contributed by atoms with Crippen LogP contribution in [-0.2, 0) is 0 Å². The molecule has 0 spiro atoms. The lowest BCUT2D eigenvalue weighted by Crippen LogP contribution is -2.46. The van der Waals surface area contributed by atoms with Gasteiger partial charge in [-0.3, -0.25) is 4.90 Å². The Morgan fingerprint density at radius 1 is 1.19 bits per heavy atom. The van der Waals surface area contributed by atoms with Gasteiger partial charge >= 0.3 is 6.03 Å². The van der Waals surface area contributed by atoms with Crippen molar-refractivity contribution in [1.82, 2.24) is 20.4 Å². The summed E-state index contributed by atoms with van der Waals surface area (Å²) >= 11 is 0. The van der Waals surface area contributed by atoms with E-state index in [1.54, 1.807) is 11.0 Å². The largest absolute Gasteiger partial charge is 0.454 e. The molecule has 156 valence electrons. The Bertz CT molecular complexity index is 1190. The lowest BCUT2D eigenvalue weighted by molar-refractivity contribution is 0.174. The van der Waals surface area contributed by atoms with Gasteiger partial charge in [0, 0.05) is 17.8 Å². The Hall–Kier alpha value is -4.07. The van der Waals surface area contributed by atoms with Gasteiger partial charge in [-0.1, -0.05) is 41.6 Å². The smallest absolute Gasteiger partial charge is 0.322 e. The Morgan fingerprint density at radius 2 is 2.00 bits per heavy atom. The van der Waals surface area contributed by atoms with Crippen LogP contribution >= 0.6 is 0 Å². The number of amides is 2. The van der Waals surface area contributed by atoms with E-state index >= 15 is 0 Å². The minimum Gasteiger partial charge on any atom is -0.454 e. The van der Waals surface area contributed by atoms with E-state index in [-0.39, 0.29) is 12.8 Å². The third-order valence-electron chi connectivity index (χ3n) is 5.33. The summed E-state index contributed by atoms with van der Waals surface area (Å²) in [7, 11) is 0. The predicted molar refractivity (Wildman–Crippen MR) is 113 cm³/mol. The molecule has 0 aliphatic carbocycles. The highest BCUT2D eigenvalue weighted by Gasteiger charge is 2.35. The topological polar surface area (TPSA) is 89.7 Å². The maximum atomic E-state index is 12.7. The molecule has 5 rings (SSSR count). The number of hydrogen-bond acceptors (Lipinski definition) is 6. The van der Waals surface area contributed by atoms with E-state index in [2.05, 4.69) is 22.0 Å². The Morgan fingerprint density at radius 3 is 2.81 bits per heavy atom. The lowest BCUT2D eigenvalue weighted by atomic mass is 9.95. The maximum Gasteiger partial charge on any atom is 0.322 e. The van der Waals surface area contributed by atoms with Gasteiger partial charge in [0.05, 0.1) is 11.6 Å². The van der Waals surface area contributed by atoms with E-state index in [1.807, 2.05) is 55.5 Å². The monoisotopic (exact) mass is 416 g/mol. The zero-order valence-electron chi connectivity index (χ0n) is 16.9. The molecule has 31 heavy (non-hydrogen) atoms. The predicted octanol–water partition coefficient (Wildman–Crippen LogP) is 4.15. The second-order valence-corrected chi connectivity index (χ2v) is 7.18. The van der Waals surface area contributed by atoms with Crippen LogP contribution < -0.4 is 14.8 Å². The van der Waals surface area contributed by atoms with Crippen molar-refractivity contribution in [2.45, 2.75) is 13.0 Å². The van der Waals surface area contributed by atoms with Gasteiger partial charge in [0.25, 0.3) is 5.89 Å². The number of ether oxygens (including phenoxy) is 2. The minimum absolute atomic E-state index is 0.194. The fourth-order valence-electron chi connectivity index (χ4n) is 3.79. The van der Waals surface area contributed by atoms with Gasteiger partial charge in [-0.05, 0) is 30.7 Å². The summed E-state index contributed by atoms with van der Waals surface area (Å²) in [5.74, 6) is 2.09. The normalized spacial score (nSPS) is 17.6. The summed E-state index contributed by atoms with van der Waals surface area (Å²) in [6.07, 6.45) is 1.68. The van der Waals surface area contributed by atoms with E-state index in [0.717, 1.165) is 22.4 Å². The second-order valence-electron chi connectivity index (χ2n) is 7.18. The van der Waals surface area contributed by atoms with Gasteiger partial charge in [0.2, 0.25) is 12.6 Å². The van der Waals surface area contributed by atoms with Gasteiger partial charge in [-0.15, -0.1) is 6.58 Å². The average Bonchev–Trinajstić information content (AvgIpc) is 3.46. The highest BCUT2D eigenvalue weighted by molar-refractivity contribution is 5.87. The molecule has 2 aliphatic rings. The molecule has 2 aliphatic heterocycles. The summed E-state index contributed by atoms with van der Waals surface area (Å²) in [5, 5.41) is 7.22. The molecule has 1 aromatic heterocycles. The number of fused-ring (bicyclic) bond motifs is 1. The molecule has 0 saturated carbocycles. The van der Waals surface area contributed by atoms with Gasteiger partial charge in [-0.2, -0.15) is 4.98 Å². The molecule has 0 saturated heterocycles. The first-order valence-corrected chi connectivity index (χ1v) is 9.84. The van der Waals surface area contributed by atoms with Crippen molar-refractivity contribution in [3.63, 3.8) is 0 Å². The molecule has 0 radical (unpaired) electrons. The van der Waals surface area contributed by atoms with Crippen LogP contribution in [-0.4, -0.2) is 34.4 Å². The zero-order chi connectivity index (χ0) is 21.4. The quantitative estimate of drug-likeness (QED) is 0.629. The van der Waals surface area contributed by atoms with Crippen molar-refractivity contribution in [3.8, 4) is 22.9 Å². The van der Waals surface area contributed by atoms with Crippen LogP contribution in [0.4, 0.5) is 4.79 Å². The van der Waals surface area contributed by atoms with E-state index in [4.69, 9.17) is 14.0 Å². The summed E-state index contributed by atoms with van der Waals surface area (Å²) in [5.41, 5.74) is 3.15. The second kappa shape index (κ2) is 7.64. The summed E-state index contributed by atoms with van der Waals surface area (Å²) < 4.78 is 16.5. The summed E-state index contributed by atoms with van der Waals surface area (Å²) in [6, 6.07) is 14.6. The van der Waals surface area contributed by atoms with Gasteiger partial charge in [0.15, 0.2) is 11.5 Å². The van der Waals surface area contributed by atoms with E-state index in [9.17, 15) is 4.79 Å². The third-order valence-corrected chi connectivity index (χ3v) is 5.33. The van der Waals surface area contributed by atoms with Crippen LogP contribution in [0, 0.1) is 0 Å². The van der Waals surface area contributed by atoms with E-state index in [1.165, 1.54) is 0 Å². The molecule has 1 unspecified atom stereocenters. The Balaban J connectivity index is 1.58. The number of benzene rings is 2. The van der Waals surface area contributed by atoms with Crippen LogP contribution in [0.3, 0.4) is 0 Å². The van der Waals surface area contributed by atoms with Gasteiger partial charge in [0.1, 0.15) is 0 Å². The molecule has 8 nitrogen and oxygen atoms in total. The van der Waals surface area contributed by atoms with E-state index in [0.29, 0.717) is 29.8 Å². The van der Waals surface area contributed by atoms with Gasteiger partial charge in [-0.25, -0.2) is 4.79 Å². The molecule has 1 N–H and O–H groups in total. The highest BCUT2D eigenvalue weighted by Crippen LogP contribution is 2.38. The summed E-state index contributed by atoms with van der Waals surface area (Å²) in [4.78, 5) is 19.0. The van der Waals surface area contributed by atoms with Crippen LogP contribution in [0.5, 0.6) is 11.5 Å². The Kier molecular flexibility index (Phi) is 4.66. The van der Waals surface area contributed by atoms with Crippen LogP contribution in [0.1, 0.15) is 24.4 Å². The molecule has 2 aromatic carbocycles. The van der Waals surface area contributed by atoms with Crippen molar-refractivity contribution >= 4 is 11.6 Å². The van der Waals surface area contributed by atoms with Crippen molar-refractivity contribution in [1.29, 1.82) is 0 Å². The first-order chi connectivity index (χ1) is 15.2.